The van der Waals surface area contributed by atoms with E-state index in [1.807, 2.05) is 30.3 Å². The van der Waals surface area contributed by atoms with E-state index in [-0.39, 0.29) is 23.7 Å². The fourth-order valence-electron chi connectivity index (χ4n) is 5.30. The molecule has 1 saturated heterocycles. The number of ether oxygens (including phenoxy) is 2. The molecule has 2 heterocycles. The highest BCUT2D eigenvalue weighted by atomic mass is 16.5. The fraction of sp³-hybridized carbons (Fsp3) is 0.393. The maximum absolute atomic E-state index is 13.5. The third kappa shape index (κ3) is 4.99. The fourth-order valence-corrected chi connectivity index (χ4v) is 5.30. The van der Waals surface area contributed by atoms with Crippen molar-refractivity contribution in [2.24, 2.45) is 16.9 Å². The van der Waals surface area contributed by atoms with Crippen LogP contribution in [-0.2, 0) is 22.7 Å². The summed E-state index contributed by atoms with van der Waals surface area (Å²) in [4.78, 5) is 27.4. The zero-order valence-corrected chi connectivity index (χ0v) is 20.8. The minimum absolute atomic E-state index is 0.0356. The Kier molecular flexibility index (Phi) is 7.04. The monoisotopic (exact) mass is 488 g/mol. The van der Waals surface area contributed by atoms with E-state index < -0.39 is 0 Å². The maximum Gasteiger partial charge on any atom is 0.247 e. The van der Waals surface area contributed by atoms with Gasteiger partial charge in [-0.2, -0.15) is 5.10 Å². The van der Waals surface area contributed by atoms with E-state index in [0.717, 1.165) is 35.4 Å². The van der Waals surface area contributed by atoms with Crippen molar-refractivity contribution >= 4 is 17.5 Å². The summed E-state index contributed by atoms with van der Waals surface area (Å²) in [6.45, 7) is 3.01. The second-order valence-corrected chi connectivity index (χ2v) is 9.49. The number of nitrogens with one attached hydrogen (secondary N) is 1. The van der Waals surface area contributed by atoms with Gasteiger partial charge in [-0.15, -0.1) is 0 Å². The highest BCUT2D eigenvalue weighted by Crippen LogP contribution is 2.37. The molecule has 0 bridgehead atoms. The number of nitrogens with zero attached hydrogens (tertiary/aromatic N) is 3. The molecule has 2 atom stereocenters. The first-order chi connectivity index (χ1) is 17.6. The summed E-state index contributed by atoms with van der Waals surface area (Å²) in [5.41, 5.74) is 3.98. The number of carbonyl (C=O) groups excluding carboxylic acids is 2. The van der Waals surface area contributed by atoms with E-state index >= 15 is 0 Å². The van der Waals surface area contributed by atoms with Crippen molar-refractivity contribution in [1.82, 2.24) is 15.2 Å². The maximum atomic E-state index is 13.5. The van der Waals surface area contributed by atoms with Crippen molar-refractivity contribution in [2.45, 2.75) is 25.9 Å². The predicted molar refractivity (Wildman–Crippen MR) is 137 cm³/mol. The second-order valence-electron chi connectivity index (χ2n) is 9.49. The lowest BCUT2D eigenvalue weighted by atomic mass is 9.76. The summed E-state index contributed by atoms with van der Waals surface area (Å²) < 4.78 is 10.9. The molecule has 8 nitrogen and oxygen atoms in total. The number of hydrogen-bond donors (Lipinski definition) is 1. The molecule has 2 aliphatic heterocycles. The Morgan fingerprint density at radius 1 is 0.944 bits per heavy atom. The standard InChI is InChI=1S/C28H32N4O4/c1-35-24-11-10-21(15-25(24)36-2)27-22-8-3-4-9-23(22)28(34)32(30-27)17-20-7-5-6-19(14-20)16-31-13-12-29-26(33)18-31/h3-7,10-11,14-15,22-23H,8-9,12-13,16-18H2,1-2H3,(H,29,33)/t22-,23+/m1/s1. The van der Waals surface area contributed by atoms with Crippen molar-refractivity contribution in [3.63, 3.8) is 0 Å². The molecular weight excluding hydrogens is 456 g/mol. The van der Waals surface area contributed by atoms with Crippen LogP contribution in [0, 0.1) is 11.8 Å². The summed E-state index contributed by atoms with van der Waals surface area (Å²) in [6, 6.07) is 14.0. The van der Waals surface area contributed by atoms with Crippen LogP contribution in [0.25, 0.3) is 0 Å². The lowest BCUT2D eigenvalue weighted by Crippen LogP contribution is -2.47. The number of piperazine rings is 1. The summed E-state index contributed by atoms with van der Waals surface area (Å²) in [5, 5.41) is 9.39. The summed E-state index contributed by atoms with van der Waals surface area (Å²) in [7, 11) is 3.24. The molecule has 0 spiro atoms. The van der Waals surface area contributed by atoms with Crippen molar-refractivity contribution in [3.05, 3.63) is 71.3 Å². The summed E-state index contributed by atoms with van der Waals surface area (Å²) >= 11 is 0. The topological polar surface area (TPSA) is 83.5 Å². The van der Waals surface area contributed by atoms with Crippen molar-refractivity contribution in [3.8, 4) is 11.5 Å². The summed E-state index contributed by atoms with van der Waals surface area (Å²) in [6.07, 6.45) is 5.74. The van der Waals surface area contributed by atoms with Gasteiger partial charge in [-0.05, 0) is 42.2 Å². The number of methoxy groups -OCH3 is 2. The molecule has 8 heteroatoms. The number of hydrazone groups is 1. The first kappa shape index (κ1) is 24.1. The highest BCUT2D eigenvalue weighted by molar-refractivity contribution is 6.07. The Morgan fingerprint density at radius 2 is 1.69 bits per heavy atom. The van der Waals surface area contributed by atoms with E-state index in [1.165, 1.54) is 0 Å². The van der Waals surface area contributed by atoms with Crippen LogP contribution >= 0.6 is 0 Å². The van der Waals surface area contributed by atoms with Gasteiger partial charge in [0, 0.05) is 31.1 Å². The van der Waals surface area contributed by atoms with Gasteiger partial charge in [0.2, 0.25) is 11.8 Å². The average molecular weight is 489 g/mol. The van der Waals surface area contributed by atoms with Crippen molar-refractivity contribution < 1.29 is 19.1 Å². The van der Waals surface area contributed by atoms with Gasteiger partial charge in [-0.1, -0.05) is 36.4 Å². The van der Waals surface area contributed by atoms with Crippen LogP contribution in [-0.4, -0.2) is 61.3 Å². The molecule has 36 heavy (non-hydrogen) atoms. The second kappa shape index (κ2) is 10.5. The number of amides is 2. The Hall–Kier alpha value is -3.65. The van der Waals surface area contributed by atoms with E-state index in [1.54, 1.807) is 19.2 Å². The lowest BCUT2D eigenvalue weighted by Gasteiger charge is -2.37. The average Bonchev–Trinajstić information content (AvgIpc) is 2.90. The summed E-state index contributed by atoms with van der Waals surface area (Å²) in [5.74, 6) is 1.33. The zero-order chi connectivity index (χ0) is 25.1. The minimum Gasteiger partial charge on any atom is -0.493 e. The Morgan fingerprint density at radius 3 is 2.44 bits per heavy atom. The molecule has 2 amide bonds. The van der Waals surface area contributed by atoms with Crippen LogP contribution in [0.4, 0.5) is 0 Å². The van der Waals surface area contributed by atoms with Crippen LogP contribution in [0.5, 0.6) is 11.5 Å². The number of allylic oxidation sites excluding steroid dienone is 2. The van der Waals surface area contributed by atoms with Crippen LogP contribution < -0.4 is 14.8 Å². The van der Waals surface area contributed by atoms with Gasteiger partial charge in [0.15, 0.2) is 11.5 Å². The molecule has 188 valence electrons. The Labute approximate surface area is 211 Å². The Bertz CT molecular complexity index is 1210. The van der Waals surface area contributed by atoms with Gasteiger partial charge in [0.1, 0.15) is 0 Å². The van der Waals surface area contributed by atoms with Gasteiger partial charge in [0.25, 0.3) is 0 Å². The molecule has 1 fully saturated rings. The van der Waals surface area contributed by atoms with Crippen LogP contribution in [0.3, 0.4) is 0 Å². The molecule has 2 aromatic rings. The van der Waals surface area contributed by atoms with Crippen LogP contribution in [0.1, 0.15) is 29.5 Å². The van der Waals surface area contributed by atoms with E-state index in [2.05, 4.69) is 34.5 Å². The van der Waals surface area contributed by atoms with E-state index in [9.17, 15) is 9.59 Å². The molecular formula is C28H32N4O4. The minimum atomic E-state index is -0.134. The molecule has 0 unspecified atom stereocenters. The number of rotatable bonds is 7. The lowest BCUT2D eigenvalue weighted by molar-refractivity contribution is -0.138. The third-order valence-electron chi connectivity index (χ3n) is 7.11. The first-order valence-corrected chi connectivity index (χ1v) is 12.4. The zero-order valence-electron chi connectivity index (χ0n) is 20.8. The van der Waals surface area contributed by atoms with Crippen molar-refractivity contribution in [2.75, 3.05) is 33.9 Å². The highest BCUT2D eigenvalue weighted by Gasteiger charge is 2.40. The SMILES string of the molecule is COc1ccc(C2=NN(Cc3cccc(CN4CCNC(=O)C4)c3)C(=O)[C@H]3CC=CC[C@@H]23)cc1OC. The third-order valence-corrected chi connectivity index (χ3v) is 7.11. The van der Waals surface area contributed by atoms with Crippen LogP contribution in [0.15, 0.2) is 59.7 Å². The molecule has 1 N–H and O–H groups in total. The molecule has 2 aromatic carbocycles. The quantitative estimate of drug-likeness (QED) is 0.606. The van der Waals surface area contributed by atoms with Gasteiger partial charge < -0.3 is 14.8 Å². The van der Waals surface area contributed by atoms with Gasteiger partial charge in [-0.3, -0.25) is 14.5 Å². The molecule has 0 radical (unpaired) electrons. The molecule has 3 aliphatic rings. The number of fused-ring (bicyclic) bond motifs is 1. The van der Waals surface area contributed by atoms with Gasteiger partial charge >= 0.3 is 0 Å². The number of carbonyl (C=O) groups is 2. The van der Waals surface area contributed by atoms with Crippen molar-refractivity contribution in [1.29, 1.82) is 0 Å². The van der Waals surface area contributed by atoms with Crippen LogP contribution in [0.2, 0.25) is 0 Å². The predicted octanol–water partition coefficient (Wildman–Crippen LogP) is 2.96. The smallest absolute Gasteiger partial charge is 0.247 e. The molecule has 0 aromatic heterocycles. The van der Waals surface area contributed by atoms with Gasteiger partial charge in [-0.25, -0.2) is 5.01 Å². The largest absolute Gasteiger partial charge is 0.493 e. The van der Waals surface area contributed by atoms with E-state index in [0.29, 0.717) is 44.1 Å². The normalized spacial score (nSPS) is 22.1. The first-order valence-electron chi connectivity index (χ1n) is 12.4. The molecule has 5 rings (SSSR count). The number of hydrogen-bond acceptors (Lipinski definition) is 6. The Balaban J connectivity index is 1.42. The number of benzene rings is 2. The van der Waals surface area contributed by atoms with E-state index in [4.69, 9.17) is 14.6 Å². The molecule has 0 saturated carbocycles. The molecule has 1 aliphatic carbocycles. The van der Waals surface area contributed by atoms with Gasteiger partial charge in [0.05, 0.1) is 38.9 Å².